The van der Waals surface area contributed by atoms with E-state index in [0.717, 1.165) is 36.8 Å². The second-order valence-corrected chi connectivity index (χ2v) is 18.6. The summed E-state index contributed by atoms with van der Waals surface area (Å²) in [4.78, 5) is 74.6. The Bertz CT molecular complexity index is 1770. The van der Waals surface area contributed by atoms with Crippen LogP contribution in [0.3, 0.4) is 0 Å². The van der Waals surface area contributed by atoms with Crippen molar-refractivity contribution in [1.82, 2.24) is 30.1 Å². The molecule has 4 bridgehead atoms. The fourth-order valence-corrected chi connectivity index (χ4v) is 9.22. The highest BCUT2D eigenvalue weighted by molar-refractivity contribution is 7.91. The number of sulfonamides is 1. The summed E-state index contributed by atoms with van der Waals surface area (Å²) in [6.07, 6.45) is 4.47. The molecule has 2 saturated carbocycles. The number of ether oxygens (including phenoxy) is 1. The molecule has 5 atom stereocenters. The van der Waals surface area contributed by atoms with Crippen LogP contribution in [0.2, 0.25) is 0 Å². The van der Waals surface area contributed by atoms with Crippen molar-refractivity contribution in [3.8, 4) is 0 Å². The molecule has 15 heteroatoms. The number of nitrogens with one attached hydrogen (secondary N) is 3. The molecule has 1 aromatic rings. The van der Waals surface area contributed by atoms with Gasteiger partial charge in [-0.3, -0.25) is 24.0 Å². The predicted octanol–water partition coefficient (Wildman–Crippen LogP) is 3.34. The van der Waals surface area contributed by atoms with Crippen molar-refractivity contribution in [2.45, 2.75) is 134 Å². The van der Waals surface area contributed by atoms with Gasteiger partial charge in [0.05, 0.1) is 11.8 Å². The maximum atomic E-state index is 14.6. The lowest BCUT2D eigenvalue weighted by Gasteiger charge is -2.37. The third-order valence-corrected chi connectivity index (χ3v) is 13.1. The van der Waals surface area contributed by atoms with Crippen LogP contribution in [0.1, 0.15) is 96.3 Å². The van der Waals surface area contributed by atoms with Gasteiger partial charge in [-0.15, -0.1) is 6.58 Å². The molecule has 53 heavy (non-hydrogen) atoms. The van der Waals surface area contributed by atoms with E-state index in [4.69, 9.17) is 4.74 Å². The number of urea groups is 1. The number of benzene rings is 1. The van der Waals surface area contributed by atoms with E-state index in [0.29, 0.717) is 32.5 Å². The largest absolute Gasteiger partial charge is 0.444 e. The molecule has 3 heterocycles. The fraction of sp³-hybridized carbons (Fsp3) is 0.658. The third-order valence-electron chi connectivity index (χ3n) is 11.3. The standard InChI is InChI=1S/C38H54N6O8S/c1-7-26-19-38(26,34(47)41-53(50,51)28-15-16-28)40-32(45)30-18-27-21-44(30)33(46)31(37(4,5)6)39-35(48)43(23(2)3)17-10-8-9-12-24-13-11-14-25-20-42(22-29(24)25)36(49)52-27/h7,11,13-14,23,26-28,30-31H,1,8-10,12,15-22H2,2-6H3,(H,39,48)(H,40,45)(H,41,47)/t26-,27-,30+,31-,38-/m1/s1. The number of aryl methyl sites for hydroxylation is 1. The van der Waals surface area contributed by atoms with Crippen LogP contribution in [-0.4, -0.2) is 101 Å². The molecule has 3 fully saturated rings. The molecule has 5 aliphatic rings. The number of rotatable bonds is 7. The van der Waals surface area contributed by atoms with Gasteiger partial charge in [-0.05, 0) is 74.5 Å². The van der Waals surface area contributed by atoms with Crippen molar-refractivity contribution in [3.63, 3.8) is 0 Å². The van der Waals surface area contributed by atoms with Gasteiger partial charge in [0.15, 0.2) is 0 Å². The minimum atomic E-state index is -3.90. The summed E-state index contributed by atoms with van der Waals surface area (Å²) in [7, 11) is -3.90. The van der Waals surface area contributed by atoms with Crippen LogP contribution in [0, 0.1) is 11.3 Å². The number of carbonyl (C=O) groups excluding carboxylic acids is 5. The van der Waals surface area contributed by atoms with E-state index in [2.05, 4.69) is 28.0 Å². The fourth-order valence-electron chi connectivity index (χ4n) is 7.86. The first-order valence-electron chi connectivity index (χ1n) is 18.9. The Morgan fingerprint density at radius 3 is 2.43 bits per heavy atom. The van der Waals surface area contributed by atoms with E-state index in [1.54, 1.807) is 9.80 Å². The maximum Gasteiger partial charge on any atom is 0.410 e. The topological polar surface area (TPSA) is 175 Å². The van der Waals surface area contributed by atoms with E-state index in [1.807, 2.05) is 46.8 Å². The molecular formula is C38H54N6O8S. The molecular weight excluding hydrogens is 701 g/mol. The molecule has 1 saturated heterocycles. The van der Waals surface area contributed by atoms with Gasteiger partial charge in [-0.25, -0.2) is 18.0 Å². The van der Waals surface area contributed by atoms with Crippen molar-refractivity contribution < 1.29 is 37.1 Å². The van der Waals surface area contributed by atoms with Crippen molar-refractivity contribution in [1.29, 1.82) is 0 Å². The molecule has 6 amide bonds. The SMILES string of the molecule is C=C[C@@H]1C[C@]1(NC(=O)[C@@H]1C[C@@H]2CN1C(=O)[C@H](C(C)(C)C)NC(=O)N(C(C)C)CCCCCc1cccc3c1CN(C3)C(=O)O2)C(=O)NS(=O)(=O)C1CC1. The number of hydrogen-bond acceptors (Lipinski definition) is 8. The van der Waals surface area contributed by atoms with Gasteiger partial charge in [0, 0.05) is 38.0 Å². The average molecular weight is 755 g/mol. The van der Waals surface area contributed by atoms with Crippen molar-refractivity contribution in [2.75, 3.05) is 13.1 Å². The Kier molecular flexibility index (Phi) is 10.6. The van der Waals surface area contributed by atoms with Crippen LogP contribution in [0.5, 0.6) is 0 Å². The normalized spacial score (nSPS) is 28.4. The molecule has 2 aliphatic carbocycles. The van der Waals surface area contributed by atoms with Gasteiger partial charge < -0.3 is 25.2 Å². The third kappa shape index (κ3) is 8.04. The zero-order valence-corrected chi connectivity index (χ0v) is 32.3. The highest BCUT2D eigenvalue weighted by atomic mass is 32.2. The first-order chi connectivity index (χ1) is 24.9. The van der Waals surface area contributed by atoms with E-state index in [-0.39, 0.29) is 25.4 Å². The summed E-state index contributed by atoms with van der Waals surface area (Å²) in [5.41, 5.74) is 0.984. The second-order valence-electron chi connectivity index (χ2n) is 16.7. The van der Waals surface area contributed by atoms with Crippen molar-refractivity contribution >= 4 is 39.9 Å². The Hall–Kier alpha value is -4.14. The smallest absolute Gasteiger partial charge is 0.410 e. The van der Waals surface area contributed by atoms with E-state index < -0.39 is 80.2 Å². The predicted molar refractivity (Wildman–Crippen MR) is 197 cm³/mol. The lowest BCUT2D eigenvalue weighted by molar-refractivity contribution is -0.142. The number of amides is 6. The van der Waals surface area contributed by atoms with Crippen LogP contribution in [0.4, 0.5) is 9.59 Å². The van der Waals surface area contributed by atoms with Crippen molar-refractivity contribution in [2.24, 2.45) is 11.3 Å². The summed E-state index contributed by atoms with van der Waals surface area (Å²) in [6.45, 7) is 14.3. The van der Waals surface area contributed by atoms with Gasteiger partial charge in [0.25, 0.3) is 5.91 Å². The van der Waals surface area contributed by atoms with Crippen LogP contribution < -0.4 is 15.4 Å². The van der Waals surface area contributed by atoms with Crippen LogP contribution in [0.15, 0.2) is 30.9 Å². The number of carbonyl (C=O) groups is 5. The summed E-state index contributed by atoms with van der Waals surface area (Å²) in [6, 6.07) is 3.32. The molecule has 3 N–H and O–H groups in total. The molecule has 0 radical (unpaired) electrons. The van der Waals surface area contributed by atoms with Crippen LogP contribution in [0.25, 0.3) is 0 Å². The van der Waals surface area contributed by atoms with Gasteiger partial charge in [-0.1, -0.05) is 51.5 Å². The number of hydrogen-bond donors (Lipinski definition) is 3. The highest BCUT2D eigenvalue weighted by Crippen LogP contribution is 2.45. The molecule has 0 unspecified atom stereocenters. The quantitative estimate of drug-likeness (QED) is 0.356. The minimum absolute atomic E-state index is 0.0604. The molecule has 3 aliphatic heterocycles. The maximum absolute atomic E-state index is 14.6. The molecule has 1 aromatic carbocycles. The molecule has 6 rings (SSSR count). The Balaban J connectivity index is 1.30. The minimum Gasteiger partial charge on any atom is -0.444 e. The van der Waals surface area contributed by atoms with E-state index in [1.165, 1.54) is 16.5 Å². The van der Waals surface area contributed by atoms with Gasteiger partial charge >= 0.3 is 12.1 Å². The summed E-state index contributed by atoms with van der Waals surface area (Å²) >= 11 is 0. The van der Waals surface area contributed by atoms with Gasteiger partial charge in [-0.2, -0.15) is 0 Å². The number of fused-ring (bicyclic) bond motifs is 3. The first-order valence-corrected chi connectivity index (χ1v) is 20.4. The van der Waals surface area contributed by atoms with Crippen LogP contribution in [-0.2, 0) is 48.7 Å². The lowest BCUT2D eigenvalue weighted by Crippen LogP contribution is -2.61. The zero-order valence-electron chi connectivity index (χ0n) is 31.5. The lowest BCUT2D eigenvalue weighted by atomic mass is 9.85. The monoisotopic (exact) mass is 754 g/mol. The first kappa shape index (κ1) is 38.6. The average Bonchev–Trinajstić information content (AvgIpc) is 3.97. The van der Waals surface area contributed by atoms with Gasteiger partial charge in [0.1, 0.15) is 23.7 Å². The summed E-state index contributed by atoms with van der Waals surface area (Å²) in [5, 5.41) is 5.10. The van der Waals surface area contributed by atoms with E-state index >= 15 is 0 Å². The highest BCUT2D eigenvalue weighted by Gasteiger charge is 2.62. The van der Waals surface area contributed by atoms with Crippen molar-refractivity contribution in [3.05, 3.63) is 47.5 Å². The second kappa shape index (κ2) is 14.6. The van der Waals surface area contributed by atoms with E-state index in [9.17, 15) is 32.4 Å². The molecule has 14 nitrogen and oxygen atoms in total. The number of nitrogens with zero attached hydrogens (tertiary/aromatic N) is 3. The zero-order chi connectivity index (χ0) is 38.5. The molecule has 0 aromatic heterocycles. The summed E-state index contributed by atoms with van der Waals surface area (Å²) < 4.78 is 33.6. The molecule has 290 valence electrons. The summed E-state index contributed by atoms with van der Waals surface area (Å²) in [5.74, 6) is -2.60. The Morgan fingerprint density at radius 1 is 1.08 bits per heavy atom. The Morgan fingerprint density at radius 2 is 1.79 bits per heavy atom. The molecule has 0 spiro atoms. The van der Waals surface area contributed by atoms with Crippen LogP contribution >= 0.6 is 0 Å². The van der Waals surface area contributed by atoms with Gasteiger partial charge in [0.2, 0.25) is 21.8 Å². The Labute approximate surface area is 312 Å².